The van der Waals surface area contributed by atoms with Crippen LogP contribution in [0.5, 0.6) is 0 Å². The van der Waals surface area contributed by atoms with Crippen LogP contribution in [0.2, 0.25) is 5.02 Å². The number of aromatic nitrogens is 2. The van der Waals surface area contributed by atoms with Crippen molar-refractivity contribution in [2.45, 2.75) is 32.5 Å². The highest BCUT2D eigenvalue weighted by atomic mass is 35.5. The zero-order valence-electron chi connectivity index (χ0n) is 12.1. The van der Waals surface area contributed by atoms with Crippen LogP contribution < -0.4 is 0 Å². The zero-order valence-corrected chi connectivity index (χ0v) is 12.9. The van der Waals surface area contributed by atoms with Crippen LogP contribution in [-0.2, 0) is 11.3 Å². The predicted octanol–water partition coefficient (Wildman–Crippen LogP) is 3.00. The lowest BCUT2D eigenvalue weighted by Gasteiger charge is -2.35. The van der Waals surface area contributed by atoms with E-state index in [1.54, 1.807) is 0 Å². The third-order valence-corrected chi connectivity index (χ3v) is 3.89. The smallest absolute Gasteiger partial charge is 0.257 e. The topological polar surface area (TPSA) is 51.4 Å². The second kappa shape index (κ2) is 6.13. The van der Waals surface area contributed by atoms with Crippen molar-refractivity contribution in [3.05, 3.63) is 35.1 Å². The van der Waals surface area contributed by atoms with Gasteiger partial charge in [-0.3, -0.25) is 4.90 Å². The average molecular weight is 308 g/mol. The van der Waals surface area contributed by atoms with Gasteiger partial charge >= 0.3 is 0 Å². The van der Waals surface area contributed by atoms with Crippen molar-refractivity contribution in [2.24, 2.45) is 0 Å². The molecule has 5 nitrogen and oxygen atoms in total. The summed E-state index contributed by atoms with van der Waals surface area (Å²) in [5, 5.41) is 4.76. The Kier molecular flexibility index (Phi) is 4.24. The van der Waals surface area contributed by atoms with E-state index in [1.165, 1.54) is 0 Å². The molecule has 0 radical (unpaired) electrons. The molecule has 1 aromatic heterocycles. The second-order valence-electron chi connectivity index (χ2n) is 5.45. The first-order chi connectivity index (χ1) is 10.1. The van der Waals surface area contributed by atoms with Crippen molar-refractivity contribution in [1.29, 1.82) is 0 Å². The van der Waals surface area contributed by atoms with E-state index >= 15 is 0 Å². The summed E-state index contributed by atoms with van der Waals surface area (Å²) in [6.45, 7) is 6.52. The van der Waals surface area contributed by atoms with E-state index in [0.717, 1.165) is 18.7 Å². The molecule has 1 saturated heterocycles. The molecule has 0 spiro atoms. The van der Waals surface area contributed by atoms with Crippen molar-refractivity contribution in [2.75, 3.05) is 13.2 Å². The summed E-state index contributed by atoms with van der Waals surface area (Å²) in [7, 11) is 0. The molecule has 0 aliphatic carbocycles. The summed E-state index contributed by atoms with van der Waals surface area (Å²) in [6.07, 6.45) is 0.240. The number of halogens is 1. The van der Waals surface area contributed by atoms with Gasteiger partial charge in [-0.15, -0.1) is 0 Å². The number of rotatable bonds is 3. The Morgan fingerprint density at radius 3 is 2.81 bits per heavy atom. The van der Waals surface area contributed by atoms with Gasteiger partial charge in [-0.2, -0.15) is 4.98 Å². The van der Waals surface area contributed by atoms with Crippen LogP contribution in [-0.4, -0.2) is 40.3 Å². The molecule has 1 aliphatic heterocycles. The molecule has 1 aliphatic rings. The fourth-order valence-electron chi connectivity index (χ4n) is 2.40. The number of hydrogen-bond acceptors (Lipinski definition) is 5. The number of morpholine rings is 1. The van der Waals surface area contributed by atoms with Gasteiger partial charge in [-0.1, -0.05) is 16.8 Å². The van der Waals surface area contributed by atoms with Crippen LogP contribution in [0.25, 0.3) is 11.5 Å². The number of nitrogens with zero attached hydrogens (tertiary/aromatic N) is 3. The van der Waals surface area contributed by atoms with Crippen molar-refractivity contribution in [1.82, 2.24) is 15.0 Å². The maximum atomic E-state index is 5.88. The molecule has 6 heteroatoms. The average Bonchev–Trinajstić information content (AvgIpc) is 2.92. The maximum Gasteiger partial charge on any atom is 0.257 e. The second-order valence-corrected chi connectivity index (χ2v) is 5.88. The van der Waals surface area contributed by atoms with Gasteiger partial charge in [0.15, 0.2) is 5.82 Å². The maximum absolute atomic E-state index is 5.88. The van der Waals surface area contributed by atoms with E-state index in [-0.39, 0.29) is 6.10 Å². The summed E-state index contributed by atoms with van der Waals surface area (Å²) in [6, 6.07) is 7.73. The summed E-state index contributed by atoms with van der Waals surface area (Å²) < 4.78 is 11.0. The number of ether oxygens (including phenoxy) is 1. The molecule has 1 aromatic carbocycles. The Bertz CT molecular complexity index is 599. The lowest BCUT2D eigenvalue weighted by atomic mass is 10.2. The highest BCUT2D eigenvalue weighted by molar-refractivity contribution is 6.30. The van der Waals surface area contributed by atoms with Gasteiger partial charge in [0.05, 0.1) is 19.3 Å². The van der Waals surface area contributed by atoms with Crippen molar-refractivity contribution in [3.8, 4) is 11.5 Å². The lowest BCUT2D eigenvalue weighted by Crippen LogP contribution is -2.46. The molecule has 2 unspecified atom stereocenters. The molecule has 2 heterocycles. The van der Waals surface area contributed by atoms with Crippen LogP contribution in [0.4, 0.5) is 0 Å². The van der Waals surface area contributed by atoms with Crippen molar-refractivity contribution >= 4 is 11.6 Å². The van der Waals surface area contributed by atoms with Crippen LogP contribution in [0.15, 0.2) is 28.8 Å². The molecule has 1 fully saturated rings. The standard InChI is InChI=1S/C15H18ClN3O2/c1-10-9-20-11(2)7-19(10)8-14-17-15(21-18-14)12-3-5-13(16)6-4-12/h3-6,10-11H,7-9H2,1-2H3. The molecule has 2 aromatic rings. The summed E-state index contributed by atoms with van der Waals surface area (Å²) >= 11 is 5.88. The van der Waals surface area contributed by atoms with Crippen molar-refractivity contribution in [3.63, 3.8) is 0 Å². The predicted molar refractivity (Wildman–Crippen MR) is 80.0 cm³/mol. The molecule has 0 bridgehead atoms. The van der Waals surface area contributed by atoms with Gasteiger partial charge in [0.1, 0.15) is 0 Å². The molecule has 112 valence electrons. The van der Waals surface area contributed by atoms with E-state index in [1.807, 2.05) is 24.3 Å². The van der Waals surface area contributed by atoms with Gasteiger partial charge in [0, 0.05) is 23.2 Å². The first kappa shape index (κ1) is 14.5. The van der Waals surface area contributed by atoms with E-state index in [9.17, 15) is 0 Å². The molecule has 0 amide bonds. The minimum absolute atomic E-state index is 0.240. The molecular formula is C15H18ClN3O2. The molecule has 3 rings (SSSR count). The third-order valence-electron chi connectivity index (χ3n) is 3.64. The summed E-state index contributed by atoms with van der Waals surface area (Å²) in [5.41, 5.74) is 0.876. The lowest BCUT2D eigenvalue weighted by molar-refractivity contribution is -0.0536. The molecule has 0 N–H and O–H groups in total. The highest BCUT2D eigenvalue weighted by Gasteiger charge is 2.25. The monoisotopic (exact) mass is 307 g/mol. The van der Waals surface area contributed by atoms with E-state index in [4.69, 9.17) is 20.9 Å². The van der Waals surface area contributed by atoms with Crippen LogP contribution >= 0.6 is 11.6 Å². The fraction of sp³-hybridized carbons (Fsp3) is 0.467. The SMILES string of the molecule is CC1CN(Cc2noc(-c3ccc(Cl)cc3)n2)C(C)CO1. The molecule has 2 atom stereocenters. The number of hydrogen-bond donors (Lipinski definition) is 0. The Balaban J connectivity index is 1.71. The quantitative estimate of drug-likeness (QED) is 0.872. The van der Waals surface area contributed by atoms with Crippen LogP contribution in [0.1, 0.15) is 19.7 Å². The summed E-state index contributed by atoms with van der Waals surface area (Å²) in [5.74, 6) is 1.22. The largest absolute Gasteiger partial charge is 0.376 e. The van der Waals surface area contributed by atoms with Gasteiger partial charge in [-0.05, 0) is 38.1 Å². The minimum atomic E-state index is 0.240. The Labute approximate surface area is 128 Å². The first-order valence-corrected chi connectivity index (χ1v) is 7.44. The zero-order chi connectivity index (χ0) is 14.8. The first-order valence-electron chi connectivity index (χ1n) is 7.06. The third kappa shape index (κ3) is 3.43. The Morgan fingerprint density at radius 1 is 1.29 bits per heavy atom. The molecular weight excluding hydrogens is 290 g/mol. The van der Waals surface area contributed by atoms with Gasteiger partial charge in [0.2, 0.25) is 0 Å². The van der Waals surface area contributed by atoms with Crippen molar-refractivity contribution < 1.29 is 9.26 Å². The van der Waals surface area contributed by atoms with Gasteiger partial charge in [-0.25, -0.2) is 0 Å². The van der Waals surface area contributed by atoms with Crippen LogP contribution in [0, 0.1) is 0 Å². The number of benzene rings is 1. The van der Waals surface area contributed by atoms with Gasteiger partial charge in [0.25, 0.3) is 5.89 Å². The Hall–Kier alpha value is -1.43. The highest BCUT2D eigenvalue weighted by Crippen LogP contribution is 2.21. The fourth-order valence-corrected chi connectivity index (χ4v) is 2.53. The Morgan fingerprint density at radius 2 is 2.05 bits per heavy atom. The normalized spacial score (nSPS) is 23.4. The van der Waals surface area contributed by atoms with E-state index < -0.39 is 0 Å². The van der Waals surface area contributed by atoms with Crippen LogP contribution in [0.3, 0.4) is 0 Å². The van der Waals surface area contributed by atoms with E-state index in [0.29, 0.717) is 29.3 Å². The minimum Gasteiger partial charge on any atom is -0.376 e. The van der Waals surface area contributed by atoms with E-state index in [2.05, 4.69) is 28.9 Å². The molecule has 21 heavy (non-hydrogen) atoms. The molecule has 0 saturated carbocycles. The summed E-state index contributed by atoms with van der Waals surface area (Å²) in [4.78, 5) is 6.77. The van der Waals surface area contributed by atoms with Gasteiger partial charge < -0.3 is 9.26 Å².